The third-order valence-corrected chi connectivity index (χ3v) is 3.57. The number of anilines is 2. The predicted octanol–water partition coefficient (Wildman–Crippen LogP) is 1.76. The molecule has 0 fully saturated rings. The van der Waals surface area contributed by atoms with Crippen LogP contribution in [-0.4, -0.2) is 34.4 Å². The second-order valence-electron chi connectivity index (χ2n) is 4.92. The van der Waals surface area contributed by atoms with Crippen molar-refractivity contribution in [2.45, 2.75) is 18.7 Å². The fourth-order valence-electron chi connectivity index (χ4n) is 1.51. The minimum atomic E-state index is -3.21. The monoisotopic (exact) mass is 286 g/mol. The average Bonchev–Trinajstić information content (AvgIpc) is 2.28. The Bertz CT molecular complexity index is 513. The van der Waals surface area contributed by atoms with Crippen LogP contribution >= 0.6 is 0 Å². The number of nitrogens with two attached hydrogens (primary N) is 1. The number of rotatable bonds is 7. The second kappa shape index (κ2) is 6.77. The molecule has 0 radical (unpaired) electrons. The maximum Gasteiger partial charge on any atom is 0.175 e. The van der Waals surface area contributed by atoms with Crippen LogP contribution in [0.4, 0.5) is 11.4 Å². The summed E-state index contributed by atoms with van der Waals surface area (Å²) in [4.78, 5) is 0.228. The summed E-state index contributed by atoms with van der Waals surface area (Å²) in [6, 6.07) is 4.68. The normalized spacial score (nSPS) is 11.8. The van der Waals surface area contributed by atoms with Crippen molar-refractivity contribution in [2.75, 3.05) is 37.1 Å². The Morgan fingerprint density at radius 2 is 2.05 bits per heavy atom. The zero-order valence-corrected chi connectivity index (χ0v) is 12.5. The van der Waals surface area contributed by atoms with Gasteiger partial charge in [0.15, 0.2) is 9.84 Å². The molecule has 0 heterocycles. The quantitative estimate of drug-likeness (QED) is 0.589. The first kappa shape index (κ1) is 15.8. The van der Waals surface area contributed by atoms with Gasteiger partial charge in [-0.2, -0.15) is 0 Å². The van der Waals surface area contributed by atoms with Gasteiger partial charge in [0, 0.05) is 19.4 Å². The minimum Gasteiger partial charge on any atom is -0.397 e. The number of benzene rings is 1. The Balaban J connectivity index is 2.52. The van der Waals surface area contributed by atoms with Crippen LogP contribution in [0.25, 0.3) is 0 Å². The average molecular weight is 286 g/mol. The number of nitrogen functional groups attached to an aromatic ring is 1. The van der Waals surface area contributed by atoms with E-state index in [2.05, 4.69) is 19.2 Å². The highest BCUT2D eigenvalue weighted by atomic mass is 32.2. The van der Waals surface area contributed by atoms with Gasteiger partial charge in [-0.3, -0.25) is 0 Å². The topological polar surface area (TPSA) is 81.4 Å². The van der Waals surface area contributed by atoms with Crippen LogP contribution in [0, 0.1) is 5.92 Å². The maximum atomic E-state index is 11.4. The van der Waals surface area contributed by atoms with Crippen LogP contribution in [-0.2, 0) is 14.6 Å². The highest BCUT2D eigenvalue weighted by Crippen LogP contribution is 2.22. The summed E-state index contributed by atoms with van der Waals surface area (Å²) in [5, 5.41) is 3.12. The number of hydrogen-bond donors (Lipinski definition) is 2. The van der Waals surface area contributed by atoms with Gasteiger partial charge >= 0.3 is 0 Å². The van der Waals surface area contributed by atoms with Crippen LogP contribution in [0.1, 0.15) is 13.8 Å². The molecule has 0 bridgehead atoms. The molecule has 3 N–H and O–H groups in total. The van der Waals surface area contributed by atoms with Crippen molar-refractivity contribution in [3.05, 3.63) is 18.2 Å². The van der Waals surface area contributed by atoms with E-state index in [-0.39, 0.29) is 4.90 Å². The Hall–Kier alpha value is -1.27. The molecule has 0 saturated carbocycles. The fraction of sp³-hybridized carbons (Fsp3) is 0.538. The van der Waals surface area contributed by atoms with Crippen LogP contribution in [0.5, 0.6) is 0 Å². The first-order chi connectivity index (χ1) is 8.80. The predicted molar refractivity (Wildman–Crippen MR) is 78.1 cm³/mol. The summed E-state index contributed by atoms with van der Waals surface area (Å²) in [5.41, 5.74) is 6.96. The smallest absolute Gasteiger partial charge is 0.175 e. The summed E-state index contributed by atoms with van der Waals surface area (Å²) in [5.74, 6) is 0.513. The maximum absolute atomic E-state index is 11.4. The van der Waals surface area contributed by atoms with Crippen molar-refractivity contribution in [2.24, 2.45) is 5.92 Å². The molecule has 19 heavy (non-hydrogen) atoms. The zero-order chi connectivity index (χ0) is 14.5. The van der Waals surface area contributed by atoms with Crippen molar-refractivity contribution >= 4 is 21.2 Å². The fourth-order valence-corrected chi connectivity index (χ4v) is 2.17. The second-order valence-corrected chi connectivity index (χ2v) is 6.93. The minimum absolute atomic E-state index is 0.228. The van der Waals surface area contributed by atoms with Crippen molar-refractivity contribution in [1.29, 1.82) is 0 Å². The van der Waals surface area contributed by atoms with E-state index in [0.29, 0.717) is 24.8 Å². The molecule has 0 aromatic heterocycles. The zero-order valence-electron chi connectivity index (χ0n) is 11.6. The molecular formula is C13H22N2O3S. The summed E-state index contributed by atoms with van der Waals surface area (Å²) in [6.07, 6.45) is 1.16. The SMILES string of the molecule is CC(C)COCCNc1ccc(S(C)(=O)=O)cc1N. The summed E-state index contributed by atoms with van der Waals surface area (Å²) in [6.45, 7) is 6.13. The van der Waals surface area contributed by atoms with Gasteiger partial charge in [-0.15, -0.1) is 0 Å². The number of nitrogens with one attached hydrogen (secondary N) is 1. The molecule has 0 aliphatic carbocycles. The van der Waals surface area contributed by atoms with Gasteiger partial charge in [-0.1, -0.05) is 13.8 Å². The van der Waals surface area contributed by atoms with Crippen LogP contribution < -0.4 is 11.1 Å². The van der Waals surface area contributed by atoms with E-state index in [4.69, 9.17) is 10.5 Å². The molecule has 1 aromatic carbocycles. The van der Waals surface area contributed by atoms with Gasteiger partial charge < -0.3 is 15.8 Å². The lowest BCUT2D eigenvalue weighted by molar-refractivity contribution is 0.118. The van der Waals surface area contributed by atoms with Crippen molar-refractivity contribution < 1.29 is 13.2 Å². The molecule has 108 valence electrons. The van der Waals surface area contributed by atoms with Crippen molar-refractivity contribution in [3.63, 3.8) is 0 Å². The summed E-state index contributed by atoms with van der Waals surface area (Å²) in [7, 11) is -3.21. The van der Waals surface area contributed by atoms with Gasteiger partial charge in [0.1, 0.15) is 0 Å². The van der Waals surface area contributed by atoms with E-state index in [1.54, 1.807) is 12.1 Å². The molecule has 0 atom stereocenters. The lowest BCUT2D eigenvalue weighted by atomic mass is 10.2. The Kier molecular flexibility index (Phi) is 5.62. The lowest BCUT2D eigenvalue weighted by Crippen LogP contribution is -2.13. The van der Waals surface area contributed by atoms with E-state index >= 15 is 0 Å². The molecule has 0 aliphatic heterocycles. The molecule has 0 aliphatic rings. The Labute approximate surface area is 115 Å². The summed E-state index contributed by atoms with van der Waals surface area (Å²) < 4.78 is 28.2. The van der Waals surface area contributed by atoms with Crippen molar-refractivity contribution in [3.8, 4) is 0 Å². The molecule has 0 saturated heterocycles. The van der Waals surface area contributed by atoms with E-state index in [1.165, 1.54) is 6.07 Å². The highest BCUT2D eigenvalue weighted by molar-refractivity contribution is 7.90. The number of sulfone groups is 1. The summed E-state index contributed by atoms with van der Waals surface area (Å²) >= 11 is 0. The molecule has 6 heteroatoms. The number of hydrogen-bond acceptors (Lipinski definition) is 5. The van der Waals surface area contributed by atoms with Crippen molar-refractivity contribution in [1.82, 2.24) is 0 Å². The largest absolute Gasteiger partial charge is 0.397 e. The van der Waals surface area contributed by atoms with Gasteiger partial charge in [0.25, 0.3) is 0 Å². The van der Waals surface area contributed by atoms with Gasteiger partial charge in [0.2, 0.25) is 0 Å². The van der Waals surface area contributed by atoms with Gasteiger partial charge in [-0.05, 0) is 24.1 Å². The first-order valence-corrected chi connectivity index (χ1v) is 8.11. The first-order valence-electron chi connectivity index (χ1n) is 6.22. The van der Waals surface area contributed by atoms with Gasteiger partial charge in [0.05, 0.1) is 22.9 Å². The van der Waals surface area contributed by atoms with E-state index < -0.39 is 9.84 Å². The third kappa shape index (κ3) is 5.48. The standard InChI is InChI=1S/C13H22N2O3S/c1-10(2)9-18-7-6-15-13-5-4-11(8-12(13)14)19(3,16)17/h4-5,8,10,15H,6-7,9,14H2,1-3H3. The van der Waals surface area contributed by atoms with E-state index in [1.807, 2.05) is 0 Å². The molecule has 1 rings (SSSR count). The van der Waals surface area contributed by atoms with E-state index in [0.717, 1.165) is 18.6 Å². The molecule has 1 aromatic rings. The van der Waals surface area contributed by atoms with Gasteiger partial charge in [-0.25, -0.2) is 8.42 Å². The van der Waals surface area contributed by atoms with Crippen LogP contribution in [0.15, 0.2) is 23.1 Å². The lowest BCUT2D eigenvalue weighted by Gasteiger charge is -2.11. The highest BCUT2D eigenvalue weighted by Gasteiger charge is 2.09. The molecule has 0 amide bonds. The Morgan fingerprint density at radius 1 is 1.37 bits per heavy atom. The van der Waals surface area contributed by atoms with E-state index in [9.17, 15) is 8.42 Å². The molecular weight excluding hydrogens is 264 g/mol. The molecule has 5 nitrogen and oxygen atoms in total. The third-order valence-electron chi connectivity index (χ3n) is 2.46. The molecule has 0 unspecified atom stereocenters. The Morgan fingerprint density at radius 3 is 2.58 bits per heavy atom. The van der Waals surface area contributed by atoms with Crippen LogP contribution in [0.2, 0.25) is 0 Å². The van der Waals surface area contributed by atoms with Crippen LogP contribution in [0.3, 0.4) is 0 Å². The number of ether oxygens (including phenoxy) is 1. The molecule has 0 spiro atoms.